The molecule has 0 bridgehead atoms. The van der Waals surface area contributed by atoms with Crippen LogP contribution < -0.4 is 15.0 Å². The molecule has 0 aliphatic carbocycles. The molecule has 0 atom stereocenters. The molecule has 0 amide bonds. The van der Waals surface area contributed by atoms with E-state index in [4.69, 9.17) is 9.47 Å². The maximum Gasteiger partial charge on any atom is 0.255 e. The molecule has 0 unspecified atom stereocenters. The summed E-state index contributed by atoms with van der Waals surface area (Å²) < 4.78 is 11.3. The summed E-state index contributed by atoms with van der Waals surface area (Å²) in [5, 5.41) is 0. The zero-order valence-corrected chi connectivity index (χ0v) is 12.2. The van der Waals surface area contributed by atoms with Gasteiger partial charge < -0.3 is 14.5 Å². The van der Waals surface area contributed by atoms with E-state index >= 15 is 0 Å². The number of rotatable bonds is 1. The molecular weight excluding hydrogens is 288 g/mol. The van der Waals surface area contributed by atoms with Gasteiger partial charge in [-0.1, -0.05) is 0 Å². The fourth-order valence-electron chi connectivity index (χ4n) is 2.51. The third-order valence-corrected chi connectivity index (χ3v) is 4.58. The summed E-state index contributed by atoms with van der Waals surface area (Å²) in [6.45, 7) is 1.30. The Kier molecular flexibility index (Phi) is 3.11. The van der Waals surface area contributed by atoms with Crippen LogP contribution in [0.3, 0.4) is 0 Å². The summed E-state index contributed by atoms with van der Waals surface area (Å²) in [5.74, 6) is 3.60. The lowest BCUT2D eigenvalue weighted by Gasteiger charge is -2.09. The Morgan fingerprint density at radius 1 is 1.14 bits per heavy atom. The Balaban J connectivity index is 1.79. The molecule has 4 rings (SSSR count). The molecule has 0 spiro atoms. The van der Waals surface area contributed by atoms with E-state index in [9.17, 15) is 4.79 Å². The van der Waals surface area contributed by atoms with Gasteiger partial charge in [0.1, 0.15) is 5.82 Å². The highest BCUT2D eigenvalue weighted by Gasteiger charge is 2.19. The summed E-state index contributed by atoms with van der Waals surface area (Å²) in [6.07, 6.45) is 0.870. The highest BCUT2D eigenvalue weighted by atomic mass is 32.2. The number of nitrogens with zero attached hydrogens (tertiary/aromatic N) is 1. The molecule has 2 aliphatic heterocycles. The van der Waals surface area contributed by atoms with Crippen LogP contribution in [0.5, 0.6) is 11.5 Å². The number of ether oxygens (including phenoxy) is 2. The molecule has 1 aromatic carbocycles. The second kappa shape index (κ2) is 5.11. The fraction of sp³-hybridized carbons (Fsp3) is 0.333. The van der Waals surface area contributed by atoms with Crippen molar-refractivity contribution >= 4 is 11.8 Å². The second-order valence-electron chi connectivity index (χ2n) is 5.04. The van der Waals surface area contributed by atoms with Gasteiger partial charge in [-0.2, -0.15) is 11.8 Å². The second-order valence-corrected chi connectivity index (χ2v) is 6.03. The number of fused-ring (bicyclic) bond motifs is 2. The largest absolute Gasteiger partial charge is 0.490 e. The molecule has 2 aliphatic rings. The summed E-state index contributed by atoms with van der Waals surface area (Å²) in [5.41, 5.74) is 2.51. The average Bonchev–Trinajstić information content (AvgIpc) is 2.85. The van der Waals surface area contributed by atoms with Crippen molar-refractivity contribution in [3.63, 3.8) is 0 Å². The van der Waals surface area contributed by atoms with Gasteiger partial charge >= 0.3 is 0 Å². The monoisotopic (exact) mass is 302 g/mol. The van der Waals surface area contributed by atoms with Crippen LogP contribution in [-0.4, -0.2) is 23.2 Å². The molecule has 2 aromatic rings. The SMILES string of the molecule is O=c1[nH]c(-c2ccc3c(c2)OCCCO3)nc2c1CSC2. The number of H-pyrrole nitrogens is 1. The Morgan fingerprint density at radius 3 is 2.90 bits per heavy atom. The highest BCUT2D eigenvalue weighted by Crippen LogP contribution is 2.34. The maximum atomic E-state index is 12.1. The van der Waals surface area contributed by atoms with Gasteiger partial charge in [0.2, 0.25) is 0 Å². The van der Waals surface area contributed by atoms with Gasteiger partial charge in [0.15, 0.2) is 11.5 Å². The Morgan fingerprint density at radius 2 is 2.00 bits per heavy atom. The summed E-state index contributed by atoms with van der Waals surface area (Å²) in [7, 11) is 0. The first-order chi connectivity index (χ1) is 10.3. The van der Waals surface area contributed by atoms with Crippen molar-refractivity contribution in [3.05, 3.63) is 39.8 Å². The van der Waals surface area contributed by atoms with Crippen LogP contribution in [0.2, 0.25) is 0 Å². The first-order valence-electron chi connectivity index (χ1n) is 6.91. The molecule has 21 heavy (non-hydrogen) atoms. The number of hydrogen-bond acceptors (Lipinski definition) is 5. The van der Waals surface area contributed by atoms with Gasteiger partial charge in [-0.3, -0.25) is 4.79 Å². The molecule has 108 valence electrons. The number of thioether (sulfide) groups is 1. The average molecular weight is 302 g/mol. The predicted molar refractivity (Wildman–Crippen MR) is 80.9 cm³/mol. The molecule has 0 saturated heterocycles. The quantitative estimate of drug-likeness (QED) is 0.876. The molecule has 3 heterocycles. The van der Waals surface area contributed by atoms with Crippen molar-refractivity contribution in [1.82, 2.24) is 9.97 Å². The van der Waals surface area contributed by atoms with Gasteiger partial charge in [0.05, 0.1) is 18.9 Å². The molecule has 1 N–H and O–H groups in total. The van der Waals surface area contributed by atoms with Crippen LogP contribution in [-0.2, 0) is 11.5 Å². The first kappa shape index (κ1) is 12.8. The first-order valence-corrected chi connectivity index (χ1v) is 8.06. The van der Waals surface area contributed by atoms with Crippen molar-refractivity contribution in [3.8, 4) is 22.9 Å². The normalized spacial score (nSPS) is 16.4. The van der Waals surface area contributed by atoms with Crippen molar-refractivity contribution in [1.29, 1.82) is 0 Å². The Hall–Kier alpha value is -1.95. The zero-order chi connectivity index (χ0) is 14.2. The predicted octanol–water partition coefficient (Wildman–Crippen LogP) is 2.34. The van der Waals surface area contributed by atoms with E-state index in [1.165, 1.54) is 0 Å². The number of aromatic amines is 1. The van der Waals surface area contributed by atoms with Crippen molar-refractivity contribution in [2.75, 3.05) is 13.2 Å². The number of aromatic nitrogens is 2. The van der Waals surface area contributed by atoms with Crippen LogP contribution in [0, 0.1) is 0 Å². The van der Waals surface area contributed by atoms with E-state index in [1.54, 1.807) is 11.8 Å². The lowest BCUT2D eigenvalue weighted by atomic mass is 10.1. The Bertz CT molecular complexity index is 757. The van der Waals surface area contributed by atoms with Crippen LogP contribution in [0.1, 0.15) is 17.7 Å². The summed E-state index contributed by atoms with van der Waals surface area (Å²) in [6, 6.07) is 5.66. The minimum Gasteiger partial charge on any atom is -0.490 e. The minimum absolute atomic E-state index is 0.0351. The minimum atomic E-state index is -0.0351. The van der Waals surface area contributed by atoms with E-state index in [0.29, 0.717) is 24.8 Å². The van der Waals surface area contributed by atoms with E-state index in [2.05, 4.69) is 9.97 Å². The van der Waals surface area contributed by atoms with Gasteiger partial charge in [-0.25, -0.2) is 4.98 Å². The standard InChI is InChI=1S/C15H14N2O3S/c18-15-10-7-21-8-11(10)16-14(17-15)9-2-3-12-13(6-9)20-5-1-4-19-12/h2-3,6H,1,4-5,7-8H2,(H,16,17,18). The van der Waals surface area contributed by atoms with Gasteiger partial charge in [0.25, 0.3) is 5.56 Å². The molecule has 0 saturated carbocycles. The molecule has 6 heteroatoms. The van der Waals surface area contributed by atoms with E-state index in [1.807, 2.05) is 18.2 Å². The Labute approximate surface area is 125 Å². The third-order valence-electron chi connectivity index (χ3n) is 3.61. The van der Waals surface area contributed by atoms with Crippen LogP contribution in [0.4, 0.5) is 0 Å². The lowest BCUT2D eigenvalue weighted by molar-refractivity contribution is 0.297. The van der Waals surface area contributed by atoms with Crippen LogP contribution >= 0.6 is 11.8 Å². The number of hydrogen-bond donors (Lipinski definition) is 1. The van der Waals surface area contributed by atoms with Crippen LogP contribution in [0.25, 0.3) is 11.4 Å². The number of benzene rings is 1. The van der Waals surface area contributed by atoms with Gasteiger partial charge in [0, 0.05) is 29.1 Å². The molecule has 0 radical (unpaired) electrons. The van der Waals surface area contributed by atoms with Crippen molar-refractivity contribution in [2.45, 2.75) is 17.9 Å². The van der Waals surface area contributed by atoms with Crippen LogP contribution in [0.15, 0.2) is 23.0 Å². The summed E-state index contributed by atoms with van der Waals surface area (Å²) in [4.78, 5) is 19.5. The maximum absolute atomic E-state index is 12.1. The van der Waals surface area contributed by atoms with Gasteiger partial charge in [-0.05, 0) is 18.2 Å². The van der Waals surface area contributed by atoms with Crippen molar-refractivity contribution in [2.24, 2.45) is 0 Å². The van der Waals surface area contributed by atoms with E-state index in [0.717, 1.165) is 40.5 Å². The summed E-state index contributed by atoms with van der Waals surface area (Å²) >= 11 is 1.72. The van der Waals surface area contributed by atoms with Crippen molar-refractivity contribution < 1.29 is 9.47 Å². The molecule has 1 aromatic heterocycles. The van der Waals surface area contributed by atoms with E-state index < -0.39 is 0 Å². The van der Waals surface area contributed by atoms with E-state index in [-0.39, 0.29) is 5.56 Å². The fourth-order valence-corrected chi connectivity index (χ4v) is 3.55. The van der Waals surface area contributed by atoms with Gasteiger partial charge in [-0.15, -0.1) is 0 Å². The zero-order valence-electron chi connectivity index (χ0n) is 11.3. The molecule has 0 fully saturated rings. The molecular formula is C15H14N2O3S. The smallest absolute Gasteiger partial charge is 0.255 e. The third kappa shape index (κ3) is 2.29. The molecule has 5 nitrogen and oxygen atoms in total. The topological polar surface area (TPSA) is 64.2 Å². The lowest BCUT2D eigenvalue weighted by Crippen LogP contribution is -2.15. The number of nitrogens with one attached hydrogen (secondary N) is 1. The highest BCUT2D eigenvalue weighted by molar-refractivity contribution is 7.98.